The van der Waals surface area contributed by atoms with Gasteiger partial charge in [0.25, 0.3) is 0 Å². The van der Waals surface area contributed by atoms with E-state index in [9.17, 15) is 14.4 Å². The van der Waals surface area contributed by atoms with Crippen LogP contribution in [0.3, 0.4) is 0 Å². The molecular formula is C12H16N4O4. The van der Waals surface area contributed by atoms with Crippen LogP contribution < -0.4 is 11.4 Å². The molecule has 0 radical (unpaired) electrons. The first-order valence-electron chi connectivity index (χ1n) is 6.47. The smallest absolute Gasteiger partial charge is 0.422 e. The third kappa shape index (κ3) is 2.36. The maximum atomic E-state index is 12.3. The fourth-order valence-corrected chi connectivity index (χ4v) is 1.96. The van der Waals surface area contributed by atoms with E-state index in [1.807, 2.05) is 6.92 Å². The number of hydrogen-bond acceptors (Lipinski definition) is 5. The van der Waals surface area contributed by atoms with E-state index in [1.165, 1.54) is 10.8 Å². The lowest BCUT2D eigenvalue weighted by atomic mass is 10.3. The summed E-state index contributed by atoms with van der Waals surface area (Å²) in [4.78, 5) is 41.5. The Hall–Kier alpha value is -2.38. The molecule has 2 aromatic heterocycles. The molecule has 20 heavy (non-hydrogen) atoms. The van der Waals surface area contributed by atoms with Crippen molar-refractivity contribution in [2.75, 3.05) is 6.61 Å². The first-order valence-corrected chi connectivity index (χ1v) is 6.47. The molecule has 8 nitrogen and oxygen atoms in total. The number of rotatable bonds is 4. The van der Waals surface area contributed by atoms with Gasteiger partial charge in [0.15, 0.2) is 0 Å². The number of aryl methyl sites for hydroxylation is 1. The molecule has 2 rings (SSSR count). The van der Waals surface area contributed by atoms with Crippen molar-refractivity contribution in [1.29, 1.82) is 0 Å². The second-order valence-corrected chi connectivity index (χ2v) is 4.24. The summed E-state index contributed by atoms with van der Waals surface area (Å²) in [5.41, 5.74) is -0.569. The van der Waals surface area contributed by atoms with E-state index in [-0.39, 0.29) is 17.8 Å². The van der Waals surface area contributed by atoms with E-state index >= 15 is 0 Å². The van der Waals surface area contributed by atoms with Crippen LogP contribution in [0.2, 0.25) is 0 Å². The summed E-state index contributed by atoms with van der Waals surface area (Å²) in [7, 11) is 0. The molecular weight excluding hydrogens is 264 g/mol. The summed E-state index contributed by atoms with van der Waals surface area (Å²) in [5, 5.41) is 0. The van der Waals surface area contributed by atoms with E-state index < -0.39 is 17.5 Å². The zero-order valence-electron chi connectivity index (χ0n) is 11.4. The Kier molecular flexibility index (Phi) is 4.02. The highest BCUT2D eigenvalue weighted by atomic mass is 16.5. The largest absolute Gasteiger partial charge is 0.449 e. The minimum absolute atomic E-state index is 0.156. The molecule has 0 unspecified atom stereocenters. The number of imidazole rings is 1. The second-order valence-electron chi connectivity index (χ2n) is 4.24. The normalized spacial score (nSPS) is 10.9. The highest BCUT2D eigenvalue weighted by molar-refractivity contribution is 5.84. The molecule has 2 heterocycles. The lowest BCUT2D eigenvalue weighted by molar-refractivity contribution is 0.154. The van der Waals surface area contributed by atoms with Crippen LogP contribution in [0.25, 0.3) is 11.2 Å². The topological polar surface area (TPSA) is 99.0 Å². The number of carbonyl (C=O) groups excluding carboxylic acids is 1. The van der Waals surface area contributed by atoms with Gasteiger partial charge < -0.3 is 4.74 Å². The van der Waals surface area contributed by atoms with Crippen molar-refractivity contribution in [1.82, 2.24) is 19.1 Å². The molecule has 0 saturated carbocycles. The summed E-state index contributed by atoms with van der Waals surface area (Å²) >= 11 is 0. The van der Waals surface area contributed by atoms with Crippen molar-refractivity contribution in [2.24, 2.45) is 0 Å². The van der Waals surface area contributed by atoms with E-state index in [0.29, 0.717) is 6.54 Å². The van der Waals surface area contributed by atoms with Crippen LogP contribution in [0.4, 0.5) is 4.79 Å². The number of aromatic amines is 1. The lowest BCUT2D eigenvalue weighted by Gasteiger charge is -2.01. The average molecular weight is 280 g/mol. The van der Waals surface area contributed by atoms with Gasteiger partial charge in [-0.25, -0.2) is 14.4 Å². The molecule has 0 saturated heterocycles. The lowest BCUT2D eigenvalue weighted by Crippen LogP contribution is -2.30. The molecule has 0 aliphatic heterocycles. The van der Waals surface area contributed by atoms with Crippen LogP contribution in [-0.2, 0) is 11.3 Å². The average Bonchev–Trinajstić information content (AvgIpc) is 2.68. The van der Waals surface area contributed by atoms with Gasteiger partial charge in [-0.15, -0.1) is 0 Å². The van der Waals surface area contributed by atoms with Crippen molar-refractivity contribution < 1.29 is 9.53 Å². The molecule has 0 atom stereocenters. The standard InChI is InChI=1S/C12H16N4O4/c1-3-5-6-15-9-8(7-13-10(17)14-9)16(11(15)18)12(19)20-4-2/h7H,3-6H2,1-2H3,(H,13,14,17). The molecule has 0 fully saturated rings. The molecule has 0 aliphatic carbocycles. The maximum Gasteiger partial charge on any atom is 0.422 e. The number of hydrogen-bond donors (Lipinski definition) is 1. The van der Waals surface area contributed by atoms with Gasteiger partial charge >= 0.3 is 17.5 Å². The van der Waals surface area contributed by atoms with E-state index in [0.717, 1.165) is 17.4 Å². The van der Waals surface area contributed by atoms with Crippen molar-refractivity contribution in [3.63, 3.8) is 0 Å². The number of H-pyrrole nitrogens is 1. The van der Waals surface area contributed by atoms with Crippen molar-refractivity contribution in [3.8, 4) is 0 Å². The first-order chi connectivity index (χ1) is 9.60. The van der Waals surface area contributed by atoms with Gasteiger partial charge in [-0.05, 0) is 13.3 Å². The Bertz CT molecular complexity index is 740. The van der Waals surface area contributed by atoms with Gasteiger partial charge in [-0.2, -0.15) is 9.55 Å². The van der Waals surface area contributed by atoms with Crippen LogP contribution in [0.1, 0.15) is 26.7 Å². The first kappa shape index (κ1) is 14.0. The second kappa shape index (κ2) is 5.72. The molecule has 2 aromatic rings. The summed E-state index contributed by atoms with van der Waals surface area (Å²) in [5.74, 6) is 0. The van der Waals surface area contributed by atoms with Gasteiger partial charge in [-0.3, -0.25) is 9.55 Å². The summed E-state index contributed by atoms with van der Waals surface area (Å²) < 4.78 is 7.10. The fraction of sp³-hybridized carbons (Fsp3) is 0.500. The van der Waals surface area contributed by atoms with Gasteiger partial charge in [0, 0.05) is 6.54 Å². The van der Waals surface area contributed by atoms with E-state index in [2.05, 4.69) is 9.97 Å². The maximum absolute atomic E-state index is 12.3. The number of nitrogens with one attached hydrogen (secondary N) is 1. The number of nitrogens with zero attached hydrogens (tertiary/aromatic N) is 3. The predicted molar refractivity (Wildman–Crippen MR) is 71.9 cm³/mol. The summed E-state index contributed by atoms with van der Waals surface area (Å²) in [6.07, 6.45) is 2.07. The summed E-state index contributed by atoms with van der Waals surface area (Å²) in [6, 6.07) is 0. The highest BCUT2D eigenvalue weighted by Crippen LogP contribution is 2.09. The van der Waals surface area contributed by atoms with Crippen LogP contribution in [0, 0.1) is 0 Å². The fourth-order valence-electron chi connectivity index (χ4n) is 1.96. The van der Waals surface area contributed by atoms with Gasteiger partial charge in [0.2, 0.25) is 0 Å². The van der Waals surface area contributed by atoms with E-state index in [4.69, 9.17) is 4.74 Å². The minimum Gasteiger partial charge on any atom is -0.449 e. The zero-order valence-corrected chi connectivity index (χ0v) is 11.4. The van der Waals surface area contributed by atoms with Crippen LogP contribution in [-0.4, -0.2) is 31.8 Å². The number of ether oxygens (including phenoxy) is 1. The number of fused-ring (bicyclic) bond motifs is 1. The Morgan fingerprint density at radius 1 is 1.40 bits per heavy atom. The third-order valence-electron chi connectivity index (χ3n) is 2.89. The highest BCUT2D eigenvalue weighted by Gasteiger charge is 2.20. The Labute approximate surface area is 114 Å². The molecule has 1 N–H and O–H groups in total. The van der Waals surface area contributed by atoms with Crippen LogP contribution >= 0.6 is 0 Å². The Morgan fingerprint density at radius 2 is 2.15 bits per heavy atom. The third-order valence-corrected chi connectivity index (χ3v) is 2.89. The predicted octanol–water partition coefficient (Wildman–Crippen LogP) is 0.691. The molecule has 0 amide bonds. The molecule has 0 bridgehead atoms. The minimum atomic E-state index is -0.772. The van der Waals surface area contributed by atoms with Crippen LogP contribution in [0.15, 0.2) is 15.8 Å². The van der Waals surface area contributed by atoms with Crippen LogP contribution in [0.5, 0.6) is 0 Å². The number of unbranched alkanes of at least 4 members (excludes halogenated alkanes) is 1. The molecule has 108 valence electrons. The van der Waals surface area contributed by atoms with Gasteiger partial charge in [0.05, 0.1) is 12.8 Å². The number of aromatic nitrogens is 4. The Balaban J connectivity index is 2.69. The molecule has 0 spiro atoms. The zero-order chi connectivity index (χ0) is 14.7. The summed E-state index contributed by atoms with van der Waals surface area (Å²) in [6.45, 7) is 4.21. The van der Waals surface area contributed by atoms with Crippen molar-refractivity contribution in [2.45, 2.75) is 33.2 Å². The monoisotopic (exact) mass is 280 g/mol. The van der Waals surface area contributed by atoms with Gasteiger partial charge in [0.1, 0.15) is 11.2 Å². The molecule has 0 aliphatic rings. The van der Waals surface area contributed by atoms with Gasteiger partial charge in [-0.1, -0.05) is 13.3 Å². The van der Waals surface area contributed by atoms with Crippen molar-refractivity contribution >= 4 is 17.3 Å². The quantitative estimate of drug-likeness (QED) is 0.888. The molecule has 0 aromatic carbocycles. The van der Waals surface area contributed by atoms with Crippen molar-refractivity contribution in [3.05, 3.63) is 27.2 Å². The van der Waals surface area contributed by atoms with E-state index in [1.54, 1.807) is 6.92 Å². The number of carbonyl (C=O) groups is 1. The molecule has 8 heteroatoms. The Morgan fingerprint density at radius 3 is 2.80 bits per heavy atom. The SMILES string of the molecule is CCCCn1c(=O)n(C(=O)OCC)c2cnc(=O)[nH]c21.